The van der Waals surface area contributed by atoms with E-state index in [0.717, 1.165) is 19.3 Å². The maximum Gasteiger partial charge on any atom is 0.332 e. The monoisotopic (exact) mass is 414 g/mol. The van der Waals surface area contributed by atoms with E-state index < -0.39 is 28.5 Å². The lowest BCUT2D eigenvalue weighted by Gasteiger charge is -2.26. The van der Waals surface area contributed by atoms with Gasteiger partial charge in [-0.3, -0.25) is 4.79 Å². The van der Waals surface area contributed by atoms with Crippen LogP contribution in [0.1, 0.15) is 26.2 Å². The number of carbonyl (C=O) groups excluding carboxylic acids is 2. The predicted octanol–water partition coefficient (Wildman–Crippen LogP) is 1.39. The number of esters is 1. The van der Waals surface area contributed by atoms with E-state index >= 15 is 0 Å². The number of benzene rings is 1. The topological polar surface area (TPSA) is 111 Å². The van der Waals surface area contributed by atoms with Crippen LogP contribution in [-0.4, -0.2) is 64.6 Å². The average molecular weight is 414 g/mol. The highest BCUT2D eigenvalue weighted by Gasteiger charge is 2.27. The molecule has 1 aromatic rings. The number of nitrogens with zero attached hydrogens (tertiary/aromatic N) is 1. The van der Waals surface area contributed by atoms with Gasteiger partial charge in [-0.05, 0) is 38.0 Å². The number of rotatable bonds is 9. The summed E-state index contributed by atoms with van der Waals surface area (Å²) < 4.78 is 42.0. The fourth-order valence-electron chi connectivity index (χ4n) is 2.79. The molecule has 1 aliphatic heterocycles. The van der Waals surface area contributed by atoms with Crippen LogP contribution in [0, 0.1) is 0 Å². The molecule has 1 N–H and O–H groups in total. The Kier molecular flexibility index (Phi) is 8.21. The zero-order valence-electron chi connectivity index (χ0n) is 16.1. The van der Waals surface area contributed by atoms with Gasteiger partial charge in [-0.2, -0.15) is 4.31 Å². The fourth-order valence-corrected chi connectivity index (χ4v) is 4.34. The maximum atomic E-state index is 12.9. The van der Waals surface area contributed by atoms with Gasteiger partial charge in [0.2, 0.25) is 10.0 Å². The molecular weight excluding hydrogens is 388 g/mol. The van der Waals surface area contributed by atoms with E-state index in [0.29, 0.717) is 25.4 Å². The van der Waals surface area contributed by atoms with Crippen LogP contribution in [-0.2, 0) is 29.1 Å². The number of piperidine rings is 1. The first-order valence-corrected chi connectivity index (χ1v) is 10.5. The number of hydrogen-bond donors (Lipinski definition) is 1. The summed E-state index contributed by atoms with van der Waals surface area (Å²) in [6.07, 6.45) is 2.66. The van der Waals surface area contributed by atoms with Crippen LogP contribution < -0.4 is 10.1 Å². The van der Waals surface area contributed by atoms with Gasteiger partial charge in [0.15, 0.2) is 6.61 Å². The number of carbonyl (C=O) groups is 2. The molecular formula is C18H26N2O7S. The van der Waals surface area contributed by atoms with Gasteiger partial charge < -0.3 is 19.5 Å². The molecule has 1 heterocycles. The van der Waals surface area contributed by atoms with E-state index in [9.17, 15) is 18.0 Å². The third-order valence-corrected chi connectivity index (χ3v) is 6.00. The van der Waals surface area contributed by atoms with Crippen molar-refractivity contribution in [2.24, 2.45) is 0 Å². The molecule has 0 spiro atoms. The van der Waals surface area contributed by atoms with Gasteiger partial charge in [-0.25, -0.2) is 13.2 Å². The smallest absolute Gasteiger partial charge is 0.332 e. The van der Waals surface area contributed by atoms with Crippen LogP contribution in [0.15, 0.2) is 23.1 Å². The van der Waals surface area contributed by atoms with E-state index in [1.54, 1.807) is 6.92 Å². The van der Waals surface area contributed by atoms with Crippen molar-refractivity contribution < 1.29 is 32.2 Å². The lowest BCUT2D eigenvalue weighted by molar-refractivity contribution is -0.150. The summed E-state index contributed by atoms with van der Waals surface area (Å²) in [6, 6.07) is 4.33. The Morgan fingerprint density at radius 2 is 1.86 bits per heavy atom. The van der Waals surface area contributed by atoms with Gasteiger partial charge >= 0.3 is 5.97 Å². The van der Waals surface area contributed by atoms with Crippen LogP contribution >= 0.6 is 0 Å². The molecule has 1 fully saturated rings. The first-order valence-electron chi connectivity index (χ1n) is 9.10. The Bertz CT molecular complexity index is 789. The first-order chi connectivity index (χ1) is 13.4. The molecule has 0 saturated carbocycles. The number of hydrogen-bond acceptors (Lipinski definition) is 7. The standard InChI is InChI=1S/C18H26N2O7S/c1-3-26-16-8-7-14(28(23,24)20-9-5-4-6-10-20)11-15(16)19-17(21)12-27-18(22)13-25-2/h7-8,11H,3-6,9-10,12-13H2,1-2H3,(H,19,21). The predicted molar refractivity (Wildman–Crippen MR) is 102 cm³/mol. The summed E-state index contributed by atoms with van der Waals surface area (Å²) in [5, 5.41) is 2.54. The second kappa shape index (κ2) is 10.4. The molecule has 1 saturated heterocycles. The van der Waals surface area contributed by atoms with Crippen molar-refractivity contribution >= 4 is 27.6 Å². The second-order valence-corrected chi connectivity index (χ2v) is 8.14. The lowest BCUT2D eigenvalue weighted by Crippen LogP contribution is -2.35. The molecule has 10 heteroatoms. The average Bonchev–Trinajstić information content (AvgIpc) is 2.69. The number of amides is 1. The summed E-state index contributed by atoms with van der Waals surface area (Å²) in [5.74, 6) is -0.960. The molecule has 0 radical (unpaired) electrons. The van der Waals surface area contributed by atoms with Crippen LogP contribution in [0.2, 0.25) is 0 Å². The van der Waals surface area contributed by atoms with Crippen molar-refractivity contribution in [2.45, 2.75) is 31.1 Å². The third kappa shape index (κ3) is 5.91. The van der Waals surface area contributed by atoms with Gasteiger partial charge in [0, 0.05) is 20.2 Å². The van der Waals surface area contributed by atoms with E-state index in [-0.39, 0.29) is 17.2 Å². The van der Waals surface area contributed by atoms with Crippen LogP contribution in [0.5, 0.6) is 5.75 Å². The molecule has 0 bridgehead atoms. The second-order valence-electron chi connectivity index (χ2n) is 6.20. The Morgan fingerprint density at radius 3 is 2.50 bits per heavy atom. The molecule has 0 unspecified atom stereocenters. The summed E-state index contributed by atoms with van der Waals surface area (Å²) in [5.41, 5.74) is 0.202. The quantitative estimate of drug-likeness (QED) is 0.608. The first kappa shape index (κ1) is 22.1. The number of methoxy groups -OCH3 is 1. The van der Waals surface area contributed by atoms with Crippen molar-refractivity contribution in [1.29, 1.82) is 0 Å². The van der Waals surface area contributed by atoms with E-state index in [4.69, 9.17) is 9.47 Å². The Labute approximate surface area is 165 Å². The zero-order valence-corrected chi connectivity index (χ0v) is 16.9. The molecule has 28 heavy (non-hydrogen) atoms. The molecule has 1 aromatic carbocycles. The van der Waals surface area contributed by atoms with Crippen molar-refractivity contribution in [3.63, 3.8) is 0 Å². The summed E-state index contributed by atoms with van der Waals surface area (Å²) in [4.78, 5) is 23.5. The zero-order chi connectivity index (χ0) is 20.6. The van der Waals surface area contributed by atoms with Gasteiger partial charge in [0.05, 0.1) is 17.2 Å². The third-order valence-electron chi connectivity index (χ3n) is 4.10. The fraction of sp³-hybridized carbons (Fsp3) is 0.556. The summed E-state index contributed by atoms with van der Waals surface area (Å²) in [6.45, 7) is 2.29. The molecule has 9 nitrogen and oxygen atoms in total. The Balaban J connectivity index is 2.18. The van der Waals surface area contributed by atoms with Gasteiger partial charge in [0.1, 0.15) is 12.4 Å². The molecule has 156 valence electrons. The highest BCUT2D eigenvalue weighted by molar-refractivity contribution is 7.89. The van der Waals surface area contributed by atoms with Crippen LogP contribution in [0.3, 0.4) is 0 Å². The van der Waals surface area contributed by atoms with E-state index in [2.05, 4.69) is 10.1 Å². The van der Waals surface area contributed by atoms with Gasteiger partial charge in [0.25, 0.3) is 5.91 Å². The van der Waals surface area contributed by atoms with Gasteiger partial charge in [-0.1, -0.05) is 6.42 Å². The molecule has 1 amide bonds. The van der Waals surface area contributed by atoms with E-state index in [1.165, 1.54) is 29.6 Å². The summed E-state index contributed by atoms with van der Waals surface area (Å²) in [7, 11) is -2.32. The van der Waals surface area contributed by atoms with Crippen molar-refractivity contribution in [3.05, 3.63) is 18.2 Å². The van der Waals surface area contributed by atoms with E-state index in [1.807, 2.05) is 0 Å². The number of nitrogens with one attached hydrogen (secondary N) is 1. The van der Waals surface area contributed by atoms with Gasteiger partial charge in [-0.15, -0.1) is 0 Å². The SMILES string of the molecule is CCOc1ccc(S(=O)(=O)N2CCCCC2)cc1NC(=O)COC(=O)COC. The molecule has 0 atom stereocenters. The molecule has 0 aliphatic carbocycles. The highest BCUT2D eigenvalue weighted by atomic mass is 32.2. The lowest BCUT2D eigenvalue weighted by atomic mass is 10.2. The van der Waals surface area contributed by atoms with Crippen molar-refractivity contribution in [3.8, 4) is 5.75 Å². The highest BCUT2D eigenvalue weighted by Crippen LogP contribution is 2.30. The minimum absolute atomic E-state index is 0.0736. The normalized spacial score (nSPS) is 15.1. The number of sulfonamides is 1. The Morgan fingerprint density at radius 1 is 1.14 bits per heavy atom. The number of ether oxygens (including phenoxy) is 3. The molecule has 2 rings (SSSR count). The molecule has 0 aromatic heterocycles. The van der Waals surface area contributed by atoms with Crippen LogP contribution in [0.4, 0.5) is 5.69 Å². The van der Waals surface area contributed by atoms with Crippen molar-refractivity contribution in [1.82, 2.24) is 4.31 Å². The summed E-state index contributed by atoms with van der Waals surface area (Å²) >= 11 is 0. The minimum Gasteiger partial charge on any atom is -0.492 e. The number of anilines is 1. The molecule has 1 aliphatic rings. The minimum atomic E-state index is -3.66. The Hall–Kier alpha value is -2.17. The van der Waals surface area contributed by atoms with Crippen molar-refractivity contribution in [2.75, 3.05) is 45.3 Å². The largest absolute Gasteiger partial charge is 0.492 e. The maximum absolute atomic E-state index is 12.9. The van der Waals surface area contributed by atoms with Crippen LogP contribution in [0.25, 0.3) is 0 Å².